The van der Waals surface area contributed by atoms with Gasteiger partial charge in [0.2, 0.25) is 0 Å². The molecule has 6 heteroatoms. The summed E-state index contributed by atoms with van der Waals surface area (Å²) in [6.07, 6.45) is 9.31. The van der Waals surface area contributed by atoms with Crippen molar-refractivity contribution in [1.82, 2.24) is 5.32 Å². The van der Waals surface area contributed by atoms with E-state index in [2.05, 4.69) is 10.0 Å². The first kappa shape index (κ1) is 17.0. The van der Waals surface area contributed by atoms with E-state index in [9.17, 15) is 13.2 Å². The van der Waals surface area contributed by atoms with Gasteiger partial charge in [0.1, 0.15) is 0 Å². The number of amides is 1. The van der Waals surface area contributed by atoms with E-state index >= 15 is 0 Å². The molecule has 1 amide bonds. The molecular formula is C19H17N2O3S. The molecule has 0 aromatic heterocycles. The average molecular weight is 353 g/mol. The molecule has 2 aromatic rings. The minimum Gasteiger partial charge on any atom is -0.345 e. The lowest BCUT2D eigenvalue weighted by atomic mass is 10.1. The Morgan fingerprint density at radius 2 is 1.72 bits per heavy atom. The number of hydrogen-bond acceptors (Lipinski definition) is 3. The molecule has 1 aliphatic carbocycles. The van der Waals surface area contributed by atoms with Crippen molar-refractivity contribution in [1.29, 1.82) is 0 Å². The summed E-state index contributed by atoms with van der Waals surface area (Å²) in [4.78, 5) is 12.5. The number of hydrogen-bond donors (Lipinski definition) is 2. The van der Waals surface area contributed by atoms with E-state index in [1.54, 1.807) is 36.4 Å². The third kappa shape index (κ3) is 4.36. The maximum atomic E-state index is 12.4. The van der Waals surface area contributed by atoms with Crippen molar-refractivity contribution < 1.29 is 13.2 Å². The van der Waals surface area contributed by atoms with Crippen LogP contribution in [-0.2, 0) is 10.0 Å². The second kappa shape index (κ2) is 7.36. The molecule has 0 bridgehead atoms. The van der Waals surface area contributed by atoms with Gasteiger partial charge in [0.25, 0.3) is 15.9 Å². The normalized spacial score (nSPS) is 16.4. The van der Waals surface area contributed by atoms with Gasteiger partial charge < -0.3 is 5.32 Å². The topological polar surface area (TPSA) is 75.3 Å². The van der Waals surface area contributed by atoms with Crippen molar-refractivity contribution in [3.05, 3.63) is 90.9 Å². The minimum absolute atomic E-state index is 0.165. The van der Waals surface area contributed by atoms with Crippen LogP contribution in [0.2, 0.25) is 0 Å². The summed E-state index contributed by atoms with van der Waals surface area (Å²) < 4.78 is 27.2. The summed E-state index contributed by atoms with van der Waals surface area (Å²) in [7, 11) is -3.69. The number of allylic oxidation sites excluding steroid dienone is 2. The standard InChI is InChI=1S/C19H17N2O3S/c22-19(20-16-9-3-1-4-10-16)15-8-7-11-17(14-15)21-25(23,24)18-12-5-2-6-13-18/h1-14,16,21H,(H,20,22). The first-order valence-corrected chi connectivity index (χ1v) is 9.20. The Kier molecular flexibility index (Phi) is 5.00. The molecule has 1 atom stereocenters. The van der Waals surface area contributed by atoms with Gasteiger partial charge in [-0.1, -0.05) is 48.6 Å². The lowest BCUT2D eigenvalue weighted by molar-refractivity contribution is 0.0949. The summed E-state index contributed by atoms with van der Waals surface area (Å²) >= 11 is 0. The maximum absolute atomic E-state index is 12.4. The SMILES string of the molecule is O=C(NC1[CH]C=CC=C1)c1cccc(NS(=O)(=O)c2ccccc2)c1. The Morgan fingerprint density at radius 3 is 2.44 bits per heavy atom. The summed E-state index contributed by atoms with van der Waals surface area (Å²) in [5.41, 5.74) is 0.712. The molecule has 0 spiro atoms. The second-order valence-corrected chi connectivity index (χ2v) is 7.14. The van der Waals surface area contributed by atoms with Crippen molar-refractivity contribution in [3.63, 3.8) is 0 Å². The number of rotatable bonds is 5. The van der Waals surface area contributed by atoms with Crippen LogP contribution >= 0.6 is 0 Å². The highest BCUT2D eigenvalue weighted by atomic mass is 32.2. The number of nitrogens with one attached hydrogen (secondary N) is 2. The van der Waals surface area contributed by atoms with Crippen LogP contribution in [0.4, 0.5) is 5.69 Å². The molecule has 0 saturated carbocycles. The van der Waals surface area contributed by atoms with Crippen LogP contribution in [0.1, 0.15) is 10.4 Å². The van der Waals surface area contributed by atoms with Crippen LogP contribution in [0.3, 0.4) is 0 Å². The molecule has 127 valence electrons. The monoisotopic (exact) mass is 353 g/mol. The first-order chi connectivity index (χ1) is 12.0. The minimum atomic E-state index is -3.69. The Labute approximate surface area is 147 Å². The highest BCUT2D eigenvalue weighted by molar-refractivity contribution is 7.92. The molecule has 3 rings (SSSR count). The summed E-state index contributed by atoms with van der Waals surface area (Å²) in [6.45, 7) is 0. The van der Waals surface area contributed by atoms with Gasteiger partial charge in [-0.3, -0.25) is 9.52 Å². The molecule has 2 aromatic carbocycles. The third-order valence-corrected chi connectivity index (χ3v) is 4.98. The van der Waals surface area contributed by atoms with E-state index in [1.807, 2.05) is 30.7 Å². The smallest absolute Gasteiger partial charge is 0.261 e. The molecule has 5 nitrogen and oxygen atoms in total. The largest absolute Gasteiger partial charge is 0.345 e. The van der Waals surface area contributed by atoms with Gasteiger partial charge in [0, 0.05) is 17.7 Å². The highest BCUT2D eigenvalue weighted by Crippen LogP contribution is 2.17. The van der Waals surface area contributed by atoms with E-state index in [-0.39, 0.29) is 16.8 Å². The molecular weight excluding hydrogens is 336 g/mol. The van der Waals surface area contributed by atoms with Gasteiger partial charge in [-0.2, -0.15) is 0 Å². The molecule has 0 heterocycles. The third-order valence-electron chi connectivity index (χ3n) is 3.59. The maximum Gasteiger partial charge on any atom is 0.261 e. The van der Waals surface area contributed by atoms with E-state index < -0.39 is 10.0 Å². The van der Waals surface area contributed by atoms with Gasteiger partial charge in [0.05, 0.1) is 10.9 Å². The van der Waals surface area contributed by atoms with Crippen molar-refractivity contribution >= 4 is 21.6 Å². The van der Waals surface area contributed by atoms with Crippen LogP contribution < -0.4 is 10.0 Å². The molecule has 1 aliphatic rings. The Bertz CT molecular complexity index is 919. The number of carbonyl (C=O) groups excluding carboxylic acids is 1. The Balaban J connectivity index is 1.74. The lowest BCUT2D eigenvalue weighted by Crippen LogP contribution is -2.34. The van der Waals surface area contributed by atoms with Crippen LogP contribution in [0.5, 0.6) is 0 Å². The number of sulfonamides is 1. The van der Waals surface area contributed by atoms with Crippen LogP contribution in [0.25, 0.3) is 0 Å². The molecule has 25 heavy (non-hydrogen) atoms. The fourth-order valence-electron chi connectivity index (χ4n) is 2.36. The average Bonchev–Trinajstić information content (AvgIpc) is 2.63. The number of benzene rings is 2. The summed E-state index contributed by atoms with van der Waals surface area (Å²) in [6, 6.07) is 14.3. The molecule has 1 unspecified atom stereocenters. The summed E-state index contributed by atoms with van der Waals surface area (Å²) in [5.74, 6) is -0.276. The fourth-order valence-corrected chi connectivity index (χ4v) is 3.44. The lowest BCUT2D eigenvalue weighted by Gasteiger charge is -2.15. The Hall–Kier alpha value is -2.86. The van der Waals surface area contributed by atoms with Crippen LogP contribution in [0.15, 0.2) is 83.8 Å². The van der Waals surface area contributed by atoms with Crippen molar-refractivity contribution in [3.8, 4) is 0 Å². The molecule has 0 aliphatic heterocycles. The molecule has 0 saturated heterocycles. The molecule has 1 radical (unpaired) electrons. The van der Waals surface area contributed by atoms with Gasteiger partial charge >= 0.3 is 0 Å². The van der Waals surface area contributed by atoms with Gasteiger partial charge in [-0.15, -0.1) is 0 Å². The van der Waals surface area contributed by atoms with E-state index in [4.69, 9.17) is 0 Å². The van der Waals surface area contributed by atoms with Gasteiger partial charge in [-0.25, -0.2) is 8.42 Å². The highest BCUT2D eigenvalue weighted by Gasteiger charge is 2.16. The Morgan fingerprint density at radius 1 is 0.920 bits per heavy atom. The predicted octanol–water partition coefficient (Wildman–Crippen LogP) is 2.92. The number of anilines is 1. The quantitative estimate of drug-likeness (QED) is 0.868. The van der Waals surface area contributed by atoms with Crippen molar-refractivity contribution in [2.75, 3.05) is 4.72 Å². The van der Waals surface area contributed by atoms with Crippen molar-refractivity contribution in [2.45, 2.75) is 10.9 Å². The zero-order chi connectivity index (χ0) is 17.7. The predicted molar refractivity (Wildman–Crippen MR) is 97.5 cm³/mol. The summed E-state index contributed by atoms with van der Waals surface area (Å²) in [5, 5.41) is 2.85. The van der Waals surface area contributed by atoms with E-state index in [1.165, 1.54) is 18.2 Å². The molecule has 2 N–H and O–H groups in total. The molecule has 0 fully saturated rings. The fraction of sp³-hybridized carbons (Fsp3) is 0.0526. The zero-order valence-electron chi connectivity index (χ0n) is 13.3. The van der Waals surface area contributed by atoms with E-state index in [0.29, 0.717) is 11.3 Å². The second-order valence-electron chi connectivity index (χ2n) is 5.46. The number of carbonyl (C=O) groups is 1. The van der Waals surface area contributed by atoms with Gasteiger partial charge in [-0.05, 0) is 30.3 Å². The van der Waals surface area contributed by atoms with Crippen LogP contribution in [0, 0.1) is 6.42 Å². The van der Waals surface area contributed by atoms with Gasteiger partial charge in [0.15, 0.2) is 0 Å². The first-order valence-electron chi connectivity index (χ1n) is 7.72. The van der Waals surface area contributed by atoms with Crippen molar-refractivity contribution in [2.24, 2.45) is 0 Å². The zero-order valence-corrected chi connectivity index (χ0v) is 14.1. The van der Waals surface area contributed by atoms with E-state index in [0.717, 1.165) is 0 Å². The van der Waals surface area contributed by atoms with Crippen LogP contribution in [-0.4, -0.2) is 20.4 Å².